The molecule has 0 bridgehead atoms. The number of ether oxygens (including phenoxy) is 1. The summed E-state index contributed by atoms with van der Waals surface area (Å²) in [5.41, 5.74) is 4.22. The van der Waals surface area contributed by atoms with Gasteiger partial charge >= 0.3 is 0 Å². The van der Waals surface area contributed by atoms with Crippen molar-refractivity contribution in [2.24, 2.45) is 0 Å². The van der Waals surface area contributed by atoms with Gasteiger partial charge in [-0.15, -0.1) is 0 Å². The minimum absolute atomic E-state index is 0.109. The van der Waals surface area contributed by atoms with Crippen LogP contribution in [0.2, 0.25) is 0 Å². The van der Waals surface area contributed by atoms with Crippen molar-refractivity contribution in [1.82, 2.24) is 14.5 Å². The number of aliphatic hydroxyl groups is 1. The van der Waals surface area contributed by atoms with Crippen molar-refractivity contribution >= 4 is 37.7 Å². The number of fused-ring (bicyclic) bond motifs is 2. The van der Waals surface area contributed by atoms with E-state index in [1.807, 2.05) is 24.5 Å². The summed E-state index contributed by atoms with van der Waals surface area (Å²) in [4.78, 5) is 9.21. The van der Waals surface area contributed by atoms with Crippen LogP contribution in [0.25, 0.3) is 21.3 Å². The molecule has 1 saturated carbocycles. The third-order valence-corrected chi connectivity index (χ3v) is 6.62. The van der Waals surface area contributed by atoms with Crippen molar-refractivity contribution in [1.29, 1.82) is 0 Å². The number of hydrogen-bond donors (Lipinski definition) is 2. The van der Waals surface area contributed by atoms with E-state index in [9.17, 15) is 5.11 Å². The van der Waals surface area contributed by atoms with Crippen LogP contribution in [0.5, 0.6) is 5.75 Å². The fourth-order valence-corrected chi connectivity index (χ4v) is 5.05. The average molecular weight is 409 g/mol. The Kier molecular flexibility index (Phi) is 4.85. The highest BCUT2D eigenvalue weighted by atomic mass is 32.1. The van der Waals surface area contributed by atoms with Crippen LogP contribution >= 0.6 is 11.3 Å². The normalized spacial score (nSPS) is 19.7. The number of methoxy groups -OCH3 is 1. The average Bonchev–Trinajstić information content (AvgIpc) is 3.32. The van der Waals surface area contributed by atoms with Crippen LogP contribution in [0, 0.1) is 0 Å². The first-order chi connectivity index (χ1) is 14.2. The largest absolute Gasteiger partial charge is 0.497 e. The van der Waals surface area contributed by atoms with Gasteiger partial charge in [-0.3, -0.25) is 0 Å². The lowest BCUT2D eigenvalue weighted by molar-refractivity contribution is 0.116. The van der Waals surface area contributed by atoms with Gasteiger partial charge in [-0.25, -0.2) is 9.97 Å². The summed E-state index contributed by atoms with van der Waals surface area (Å²) >= 11 is 1.65. The summed E-state index contributed by atoms with van der Waals surface area (Å²) in [6.45, 7) is 0.751. The molecule has 1 fully saturated rings. The number of rotatable bonds is 5. The van der Waals surface area contributed by atoms with E-state index >= 15 is 0 Å². The molecule has 0 spiro atoms. The number of hydrogen-bond acceptors (Lipinski definition) is 6. The van der Waals surface area contributed by atoms with Crippen molar-refractivity contribution in [3.63, 3.8) is 0 Å². The van der Waals surface area contributed by atoms with Gasteiger partial charge in [0.25, 0.3) is 0 Å². The monoisotopic (exact) mass is 408 g/mol. The van der Waals surface area contributed by atoms with E-state index < -0.39 is 0 Å². The standard InChI is InChI=1S/C22H24N4O2S/c1-28-15-7-9-19-18(11-15)23-13-26(19)12-14-6-8-17-21(10-14)29-22(25-17)24-16-4-2-3-5-20(16)27/h6-11,13,16,20,27H,2-5,12H2,1H3,(H,24,25). The Balaban J connectivity index is 1.37. The smallest absolute Gasteiger partial charge is 0.184 e. The van der Waals surface area contributed by atoms with Crippen molar-refractivity contribution in [2.75, 3.05) is 12.4 Å². The highest BCUT2D eigenvalue weighted by molar-refractivity contribution is 7.22. The van der Waals surface area contributed by atoms with E-state index in [1.165, 1.54) is 5.56 Å². The van der Waals surface area contributed by atoms with Crippen molar-refractivity contribution in [2.45, 2.75) is 44.4 Å². The molecule has 2 aromatic carbocycles. The fraction of sp³-hybridized carbons (Fsp3) is 0.364. The molecule has 2 atom stereocenters. The molecule has 150 valence electrons. The van der Waals surface area contributed by atoms with Gasteiger partial charge in [-0.05, 0) is 42.7 Å². The number of nitrogens with one attached hydrogen (secondary N) is 1. The lowest BCUT2D eigenvalue weighted by Gasteiger charge is -2.27. The maximum Gasteiger partial charge on any atom is 0.184 e. The number of imidazole rings is 1. The maximum absolute atomic E-state index is 10.2. The number of benzene rings is 2. The third-order valence-electron chi connectivity index (χ3n) is 5.67. The topological polar surface area (TPSA) is 72.2 Å². The fourth-order valence-electron chi connectivity index (χ4n) is 4.06. The van der Waals surface area contributed by atoms with E-state index in [-0.39, 0.29) is 12.1 Å². The van der Waals surface area contributed by atoms with Gasteiger partial charge in [0, 0.05) is 12.6 Å². The van der Waals surface area contributed by atoms with Crippen LogP contribution in [-0.4, -0.2) is 38.9 Å². The van der Waals surface area contributed by atoms with E-state index in [1.54, 1.807) is 18.4 Å². The Hall–Kier alpha value is -2.64. The quantitative estimate of drug-likeness (QED) is 0.511. The van der Waals surface area contributed by atoms with Gasteiger partial charge in [-0.2, -0.15) is 0 Å². The van der Waals surface area contributed by atoms with Crippen LogP contribution in [-0.2, 0) is 6.54 Å². The molecular formula is C22H24N4O2S. The van der Waals surface area contributed by atoms with Gasteiger partial charge in [-0.1, -0.05) is 30.2 Å². The minimum atomic E-state index is -0.278. The summed E-state index contributed by atoms with van der Waals surface area (Å²) in [5.74, 6) is 0.817. The Morgan fingerprint density at radius 2 is 2.07 bits per heavy atom. The van der Waals surface area contributed by atoms with Crippen LogP contribution < -0.4 is 10.1 Å². The Morgan fingerprint density at radius 3 is 2.93 bits per heavy atom. The molecule has 0 radical (unpaired) electrons. The Morgan fingerprint density at radius 1 is 1.17 bits per heavy atom. The highest BCUT2D eigenvalue weighted by Gasteiger charge is 2.23. The second-order valence-electron chi connectivity index (χ2n) is 7.65. The van der Waals surface area contributed by atoms with E-state index in [0.717, 1.165) is 64.4 Å². The lowest BCUT2D eigenvalue weighted by atomic mass is 9.93. The summed E-state index contributed by atoms with van der Waals surface area (Å²) in [6.07, 6.45) is 5.74. The van der Waals surface area contributed by atoms with Crippen molar-refractivity contribution in [3.8, 4) is 5.75 Å². The van der Waals surface area contributed by atoms with Crippen molar-refractivity contribution < 1.29 is 9.84 Å². The van der Waals surface area contributed by atoms with Crippen LogP contribution in [0.1, 0.15) is 31.2 Å². The molecule has 0 aliphatic heterocycles. The first-order valence-electron chi connectivity index (χ1n) is 10.0. The van der Waals surface area contributed by atoms with E-state index in [0.29, 0.717) is 0 Å². The molecule has 1 aliphatic rings. The molecule has 4 aromatic rings. The molecule has 2 heterocycles. The number of aliphatic hydroxyl groups excluding tert-OH is 1. The lowest BCUT2D eigenvalue weighted by Crippen LogP contribution is -2.36. The number of nitrogens with zero attached hydrogens (tertiary/aromatic N) is 3. The first-order valence-corrected chi connectivity index (χ1v) is 10.8. The molecule has 5 rings (SSSR count). The third kappa shape index (κ3) is 3.68. The summed E-state index contributed by atoms with van der Waals surface area (Å²) < 4.78 is 8.59. The molecule has 0 amide bonds. The Labute approximate surface area is 173 Å². The summed E-state index contributed by atoms with van der Waals surface area (Å²) in [7, 11) is 1.67. The molecule has 7 heteroatoms. The molecule has 0 saturated heterocycles. The summed E-state index contributed by atoms with van der Waals surface area (Å²) in [5, 5.41) is 14.6. The van der Waals surface area contributed by atoms with Gasteiger partial charge < -0.3 is 19.7 Å². The maximum atomic E-state index is 10.2. The minimum Gasteiger partial charge on any atom is -0.497 e. The van der Waals surface area contributed by atoms with Crippen molar-refractivity contribution in [3.05, 3.63) is 48.3 Å². The zero-order chi connectivity index (χ0) is 19.8. The van der Waals surface area contributed by atoms with Gasteiger partial charge in [0.05, 0.1) is 46.8 Å². The zero-order valence-corrected chi connectivity index (χ0v) is 17.2. The molecule has 2 aromatic heterocycles. The van der Waals surface area contributed by atoms with E-state index in [2.05, 4.69) is 33.1 Å². The zero-order valence-electron chi connectivity index (χ0n) is 16.3. The van der Waals surface area contributed by atoms with Gasteiger partial charge in [0.15, 0.2) is 5.13 Å². The second-order valence-corrected chi connectivity index (χ2v) is 8.68. The van der Waals surface area contributed by atoms with Crippen LogP contribution in [0.4, 0.5) is 5.13 Å². The molecule has 6 nitrogen and oxygen atoms in total. The van der Waals surface area contributed by atoms with Crippen LogP contribution in [0.3, 0.4) is 0 Å². The predicted octanol–water partition coefficient (Wildman–Crippen LogP) is 4.42. The SMILES string of the molecule is COc1ccc2c(c1)ncn2Cc1ccc2nc(NC3CCCCC3O)sc2c1. The van der Waals surface area contributed by atoms with Gasteiger partial charge in [0.2, 0.25) is 0 Å². The number of aromatic nitrogens is 3. The molecule has 2 N–H and O–H groups in total. The highest BCUT2D eigenvalue weighted by Crippen LogP contribution is 2.30. The molecule has 1 aliphatic carbocycles. The first kappa shape index (κ1) is 18.4. The predicted molar refractivity (Wildman–Crippen MR) is 117 cm³/mol. The van der Waals surface area contributed by atoms with E-state index in [4.69, 9.17) is 9.72 Å². The Bertz CT molecular complexity index is 1150. The molecule has 2 unspecified atom stereocenters. The molecule has 29 heavy (non-hydrogen) atoms. The van der Waals surface area contributed by atoms with Crippen LogP contribution in [0.15, 0.2) is 42.7 Å². The number of thiazole rings is 1. The van der Waals surface area contributed by atoms with Gasteiger partial charge in [0.1, 0.15) is 5.75 Å². The molecular weight excluding hydrogens is 384 g/mol. The number of anilines is 1. The summed E-state index contributed by atoms with van der Waals surface area (Å²) in [6, 6.07) is 12.5. The second kappa shape index (κ2) is 7.65.